The molecular formula is C17H17N3O. The molecule has 0 amide bonds. The number of aromatic nitrogens is 1. The van der Waals surface area contributed by atoms with E-state index in [0.717, 1.165) is 31.4 Å². The van der Waals surface area contributed by atoms with Gasteiger partial charge in [-0.05, 0) is 61.6 Å². The Morgan fingerprint density at radius 2 is 2.05 bits per heavy atom. The largest absolute Gasteiger partial charge is 0.438 e. The zero-order valence-electron chi connectivity index (χ0n) is 11.8. The van der Waals surface area contributed by atoms with E-state index in [1.807, 2.05) is 30.3 Å². The SMILES string of the molecule is N#Cc1cc2c(nc1Oc1ccc(CCN)cc1)CCC2. The third kappa shape index (κ3) is 2.88. The number of pyridine rings is 1. The van der Waals surface area contributed by atoms with E-state index in [0.29, 0.717) is 23.7 Å². The third-order valence-corrected chi connectivity index (χ3v) is 3.71. The fourth-order valence-corrected chi connectivity index (χ4v) is 2.61. The van der Waals surface area contributed by atoms with Crippen LogP contribution in [0.15, 0.2) is 30.3 Å². The van der Waals surface area contributed by atoms with Crippen LogP contribution in [0, 0.1) is 11.3 Å². The molecule has 1 aliphatic rings. The van der Waals surface area contributed by atoms with Crippen molar-refractivity contribution < 1.29 is 4.74 Å². The average molecular weight is 279 g/mol. The number of hydrogen-bond donors (Lipinski definition) is 1. The smallest absolute Gasteiger partial charge is 0.237 e. The number of hydrogen-bond acceptors (Lipinski definition) is 4. The second kappa shape index (κ2) is 5.94. The van der Waals surface area contributed by atoms with Crippen molar-refractivity contribution >= 4 is 0 Å². The molecular weight excluding hydrogens is 262 g/mol. The summed E-state index contributed by atoms with van der Waals surface area (Å²) in [6.45, 7) is 0.630. The Morgan fingerprint density at radius 1 is 1.24 bits per heavy atom. The van der Waals surface area contributed by atoms with Gasteiger partial charge in [0, 0.05) is 5.69 Å². The Bertz CT molecular complexity index is 686. The van der Waals surface area contributed by atoms with E-state index in [1.54, 1.807) is 0 Å². The molecule has 0 bridgehead atoms. The van der Waals surface area contributed by atoms with Gasteiger partial charge in [0.15, 0.2) is 0 Å². The first-order chi connectivity index (χ1) is 10.3. The highest BCUT2D eigenvalue weighted by Gasteiger charge is 2.17. The molecule has 1 aromatic heterocycles. The molecule has 2 aromatic rings. The van der Waals surface area contributed by atoms with Crippen LogP contribution in [0.3, 0.4) is 0 Å². The van der Waals surface area contributed by atoms with Crippen LogP contribution in [0.25, 0.3) is 0 Å². The van der Waals surface area contributed by atoms with E-state index in [1.165, 1.54) is 11.1 Å². The molecule has 0 fully saturated rings. The molecule has 0 spiro atoms. The van der Waals surface area contributed by atoms with Gasteiger partial charge < -0.3 is 10.5 Å². The summed E-state index contributed by atoms with van der Waals surface area (Å²) in [5.74, 6) is 1.10. The number of ether oxygens (including phenoxy) is 1. The van der Waals surface area contributed by atoms with Crippen LogP contribution in [0.4, 0.5) is 0 Å². The van der Waals surface area contributed by atoms with Gasteiger partial charge in [0.25, 0.3) is 0 Å². The summed E-state index contributed by atoms with van der Waals surface area (Å²) in [5.41, 5.74) is 9.45. The molecule has 0 atom stereocenters. The molecule has 1 heterocycles. The molecule has 3 rings (SSSR count). The Morgan fingerprint density at radius 3 is 2.76 bits per heavy atom. The fraction of sp³-hybridized carbons (Fsp3) is 0.294. The fourth-order valence-electron chi connectivity index (χ4n) is 2.61. The van der Waals surface area contributed by atoms with E-state index in [-0.39, 0.29) is 0 Å². The van der Waals surface area contributed by atoms with Crippen molar-refractivity contribution in [2.45, 2.75) is 25.7 Å². The van der Waals surface area contributed by atoms with Crippen molar-refractivity contribution in [1.29, 1.82) is 5.26 Å². The highest BCUT2D eigenvalue weighted by Crippen LogP contribution is 2.29. The zero-order valence-corrected chi connectivity index (χ0v) is 11.8. The van der Waals surface area contributed by atoms with E-state index < -0.39 is 0 Å². The summed E-state index contributed by atoms with van der Waals surface area (Å²) >= 11 is 0. The van der Waals surface area contributed by atoms with Gasteiger partial charge in [-0.1, -0.05) is 12.1 Å². The third-order valence-electron chi connectivity index (χ3n) is 3.71. The van der Waals surface area contributed by atoms with Gasteiger partial charge in [0.1, 0.15) is 17.4 Å². The minimum atomic E-state index is 0.407. The summed E-state index contributed by atoms with van der Waals surface area (Å²) in [7, 11) is 0. The molecule has 1 aromatic carbocycles. The minimum Gasteiger partial charge on any atom is -0.438 e. The number of nitriles is 1. The Kier molecular flexibility index (Phi) is 3.85. The maximum Gasteiger partial charge on any atom is 0.237 e. The molecule has 1 aliphatic carbocycles. The summed E-state index contributed by atoms with van der Waals surface area (Å²) < 4.78 is 5.79. The second-order valence-electron chi connectivity index (χ2n) is 5.20. The van der Waals surface area contributed by atoms with Crippen molar-refractivity contribution in [2.75, 3.05) is 6.54 Å². The van der Waals surface area contributed by atoms with Gasteiger partial charge >= 0.3 is 0 Å². The molecule has 0 radical (unpaired) electrons. The average Bonchev–Trinajstić information content (AvgIpc) is 2.96. The van der Waals surface area contributed by atoms with Crippen molar-refractivity contribution in [3.05, 3.63) is 52.7 Å². The van der Waals surface area contributed by atoms with E-state index in [2.05, 4.69) is 11.1 Å². The van der Waals surface area contributed by atoms with Crippen LogP contribution in [0.1, 0.15) is 28.8 Å². The van der Waals surface area contributed by atoms with Gasteiger partial charge in [0.2, 0.25) is 5.88 Å². The number of benzene rings is 1. The highest BCUT2D eigenvalue weighted by molar-refractivity contribution is 5.46. The van der Waals surface area contributed by atoms with Gasteiger partial charge in [-0.2, -0.15) is 5.26 Å². The lowest BCUT2D eigenvalue weighted by Crippen LogP contribution is -2.02. The second-order valence-corrected chi connectivity index (χ2v) is 5.20. The first-order valence-corrected chi connectivity index (χ1v) is 7.20. The van der Waals surface area contributed by atoms with Gasteiger partial charge in [-0.25, -0.2) is 4.98 Å². The van der Waals surface area contributed by atoms with Crippen LogP contribution in [0.5, 0.6) is 11.6 Å². The lowest BCUT2D eigenvalue weighted by Gasteiger charge is -2.09. The Labute approximate surface area is 124 Å². The number of nitrogens with two attached hydrogens (primary N) is 1. The maximum atomic E-state index is 9.26. The van der Waals surface area contributed by atoms with Crippen LogP contribution < -0.4 is 10.5 Å². The molecule has 0 saturated heterocycles. The summed E-state index contributed by atoms with van der Waals surface area (Å²) in [5, 5.41) is 9.26. The van der Waals surface area contributed by atoms with Crippen molar-refractivity contribution in [1.82, 2.24) is 4.98 Å². The first kappa shape index (κ1) is 13.6. The van der Waals surface area contributed by atoms with Crippen molar-refractivity contribution in [2.24, 2.45) is 5.73 Å². The molecule has 0 unspecified atom stereocenters. The molecule has 4 nitrogen and oxygen atoms in total. The molecule has 4 heteroatoms. The molecule has 106 valence electrons. The molecule has 2 N–H and O–H groups in total. The van der Waals surface area contributed by atoms with Crippen LogP contribution >= 0.6 is 0 Å². The maximum absolute atomic E-state index is 9.26. The van der Waals surface area contributed by atoms with Crippen LogP contribution in [-0.2, 0) is 19.3 Å². The predicted molar refractivity (Wildman–Crippen MR) is 80.3 cm³/mol. The summed E-state index contributed by atoms with van der Waals surface area (Å²) in [6.07, 6.45) is 3.92. The number of fused-ring (bicyclic) bond motifs is 1. The number of aryl methyl sites for hydroxylation is 2. The van der Waals surface area contributed by atoms with Crippen LogP contribution in [-0.4, -0.2) is 11.5 Å². The number of nitrogens with zero attached hydrogens (tertiary/aromatic N) is 2. The monoisotopic (exact) mass is 279 g/mol. The summed E-state index contributed by atoms with van der Waals surface area (Å²) in [4.78, 5) is 4.51. The first-order valence-electron chi connectivity index (χ1n) is 7.20. The molecule has 21 heavy (non-hydrogen) atoms. The topological polar surface area (TPSA) is 71.9 Å². The van der Waals surface area contributed by atoms with E-state index in [4.69, 9.17) is 10.5 Å². The van der Waals surface area contributed by atoms with Crippen LogP contribution in [0.2, 0.25) is 0 Å². The molecule has 0 saturated carbocycles. The lowest BCUT2D eigenvalue weighted by atomic mass is 10.1. The van der Waals surface area contributed by atoms with Gasteiger partial charge in [-0.15, -0.1) is 0 Å². The normalized spacial score (nSPS) is 12.8. The van der Waals surface area contributed by atoms with Gasteiger partial charge in [-0.3, -0.25) is 0 Å². The summed E-state index contributed by atoms with van der Waals surface area (Å²) in [6, 6.07) is 11.8. The lowest BCUT2D eigenvalue weighted by molar-refractivity contribution is 0.459. The van der Waals surface area contributed by atoms with Crippen molar-refractivity contribution in [3.63, 3.8) is 0 Å². The van der Waals surface area contributed by atoms with Gasteiger partial charge in [0.05, 0.1) is 0 Å². The van der Waals surface area contributed by atoms with Crippen molar-refractivity contribution in [3.8, 4) is 17.7 Å². The number of rotatable bonds is 4. The zero-order chi connectivity index (χ0) is 14.7. The predicted octanol–water partition coefficient (Wildman–Crippen LogP) is 2.74. The quantitative estimate of drug-likeness (QED) is 0.934. The standard InChI is InChI=1S/C17H17N3O/c18-9-8-12-4-6-15(7-5-12)21-17-14(11-19)10-13-2-1-3-16(13)20-17/h4-7,10H,1-3,8-9,18H2. The Hall–Kier alpha value is -2.38. The van der Waals surface area contributed by atoms with E-state index in [9.17, 15) is 5.26 Å². The van der Waals surface area contributed by atoms with E-state index >= 15 is 0 Å². The highest BCUT2D eigenvalue weighted by atomic mass is 16.5. The Balaban J connectivity index is 1.86. The molecule has 0 aliphatic heterocycles. The minimum absolute atomic E-state index is 0.407.